The molecule has 1 aromatic carbocycles. The van der Waals surface area contributed by atoms with Crippen LogP contribution in [-0.2, 0) is 17.8 Å². The Hall–Kier alpha value is -2.75. The van der Waals surface area contributed by atoms with Crippen LogP contribution in [0.3, 0.4) is 0 Å². The highest BCUT2D eigenvalue weighted by Gasteiger charge is 2.31. The predicted molar refractivity (Wildman–Crippen MR) is 107 cm³/mol. The van der Waals surface area contributed by atoms with E-state index in [1.54, 1.807) is 31.5 Å². The molecule has 0 fully saturated rings. The van der Waals surface area contributed by atoms with Crippen molar-refractivity contribution in [3.05, 3.63) is 52.2 Å². The number of para-hydroxylation sites is 1. The number of ether oxygens (including phenoxy) is 1. The van der Waals surface area contributed by atoms with Crippen molar-refractivity contribution in [3.63, 3.8) is 0 Å². The molecule has 0 atom stereocenters. The van der Waals surface area contributed by atoms with E-state index in [9.17, 15) is 18.0 Å². The van der Waals surface area contributed by atoms with Gasteiger partial charge >= 0.3 is 6.36 Å². The first-order chi connectivity index (χ1) is 13.7. The van der Waals surface area contributed by atoms with Gasteiger partial charge in [0.05, 0.1) is 13.1 Å². The van der Waals surface area contributed by atoms with E-state index in [-0.39, 0.29) is 30.3 Å². The quantitative estimate of drug-likeness (QED) is 0.501. The van der Waals surface area contributed by atoms with Gasteiger partial charge in [-0.25, -0.2) is 4.99 Å². The third-order valence-electron chi connectivity index (χ3n) is 3.76. The normalized spacial score (nSPS) is 11.8. The third kappa shape index (κ3) is 8.43. The van der Waals surface area contributed by atoms with Crippen LogP contribution in [-0.4, -0.2) is 50.3 Å². The van der Waals surface area contributed by atoms with Crippen molar-refractivity contribution in [3.8, 4) is 5.75 Å². The molecule has 29 heavy (non-hydrogen) atoms. The number of guanidine groups is 1. The molecule has 2 aromatic rings. The number of nitrogens with one attached hydrogen (secondary N) is 2. The van der Waals surface area contributed by atoms with E-state index in [0.717, 1.165) is 6.42 Å². The molecule has 0 aliphatic carbocycles. The van der Waals surface area contributed by atoms with Crippen molar-refractivity contribution >= 4 is 23.2 Å². The van der Waals surface area contributed by atoms with Crippen molar-refractivity contribution in [1.29, 1.82) is 0 Å². The predicted octanol–water partition coefficient (Wildman–Crippen LogP) is 3.01. The van der Waals surface area contributed by atoms with E-state index in [2.05, 4.69) is 20.4 Å². The molecule has 158 valence electrons. The second kappa shape index (κ2) is 10.7. The molecule has 0 bridgehead atoms. The minimum absolute atomic E-state index is 0.0124. The smallest absolute Gasteiger partial charge is 0.405 e. The molecule has 2 rings (SSSR count). The van der Waals surface area contributed by atoms with Gasteiger partial charge in [-0.15, -0.1) is 24.5 Å². The summed E-state index contributed by atoms with van der Waals surface area (Å²) in [7, 11) is 3.27. The summed E-state index contributed by atoms with van der Waals surface area (Å²) >= 11 is 1.63. The molecule has 1 heterocycles. The van der Waals surface area contributed by atoms with Crippen molar-refractivity contribution < 1.29 is 22.7 Å². The van der Waals surface area contributed by atoms with Crippen LogP contribution >= 0.6 is 11.3 Å². The van der Waals surface area contributed by atoms with Gasteiger partial charge in [0.2, 0.25) is 5.91 Å². The molecule has 10 heteroatoms. The Morgan fingerprint density at radius 1 is 1.17 bits per heavy atom. The van der Waals surface area contributed by atoms with Crippen molar-refractivity contribution in [2.75, 3.05) is 27.2 Å². The highest BCUT2D eigenvalue weighted by molar-refractivity contribution is 7.09. The van der Waals surface area contributed by atoms with Gasteiger partial charge in [-0.1, -0.05) is 24.3 Å². The van der Waals surface area contributed by atoms with Gasteiger partial charge in [-0.3, -0.25) is 4.79 Å². The van der Waals surface area contributed by atoms with Crippen LogP contribution in [0.5, 0.6) is 5.75 Å². The van der Waals surface area contributed by atoms with Gasteiger partial charge in [0.15, 0.2) is 5.96 Å². The van der Waals surface area contributed by atoms with E-state index in [1.165, 1.54) is 28.0 Å². The number of hydrogen-bond donors (Lipinski definition) is 2. The number of alkyl halides is 3. The maximum atomic E-state index is 12.6. The molecule has 1 aromatic heterocycles. The molecule has 0 radical (unpaired) electrons. The molecule has 0 saturated heterocycles. The lowest BCUT2D eigenvalue weighted by atomic mass is 10.2. The van der Waals surface area contributed by atoms with Gasteiger partial charge < -0.3 is 20.3 Å². The summed E-state index contributed by atoms with van der Waals surface area (Å²) in [6, 6.07) is 9.80. The number of thiophene rings is 1. The van der Waals surface area contributed by atoms with Crippen LogP contribution < -0.4 is 15.4 Å². The zero-order valence-corrected chi connectivity index (χ0v) is 16.9. The van der Waals surface area contributed by atoms with Crippen molar-refractivity contribution in [2.24, 2.45) is 4.99 Å². The van der Waals surface area contributed by atoms with E-state index in [4.69, 9.17) is 0 Å². The van der Waals surface area contributed by atoms with Crippen molar-refractivity contribution in [2.45, 2.75) is 19.3 Å². The number of rotatable bonds is 8. The van der Waals surface area contributed by atoms with E-state index in [1.807, 2.05) is 17.5 Å². The Morgan fingerprint density at radius 3 is 2.59 bits per heavy atom. The highest BCUT2D eigenvalue weighted by Crippen LogP contribution is 2.26. The molecular formula is C19H23F3N4O2S. The minimum atomic E-state index is -4.78. The second-order valence-corrected chi connectivity index (χ2v) is 7.25. The summed E-state index contributed by atoms with van der Waals surface area (Å²) in [5.41, 5.74) is 0.281. The number of nitrogens with zero attached hydrogens (tertiary/aromatic N) is 2. The molecule has 0 unspecified atom stereocenters. The van der Waals surface area contributed by atoms with Crippen LogP contribution in [0.2, 0.25) is 0 Å². The number of halogens is 3. The van der Waals surface area contributed by atoms with Gasteiger partial charge in [0, 0.05) is 31.1 Å². The maximum absolute atomic E-state index is 12.6. The minimum Gasteiger partial charge on any atom is -0.405 e. The Balaban J connectivity index is 2.06. The first-order valence-corrected chi connectivity index (χ1v) is 9.71. The number of benzene rings is 1. The van der Waals surface area contributed by atoms with Crippen LogP contribution in [0, 0.1) is 0 Å². The van der Waals surface area contributed by atoms with E-state index >= 15 is 0 Å². The molecule has 0 saturated carbocycles. The fourth-order valence-corrected chi connectivity index (χ4v) is 2.98. The fraction of sp³-hybridized carbons (Fsp3) is 0.368. The first-order valence-electron chi connectivity index (χ1n) is 8.83. The van der Waals surface area contributed by atoms with Gasteiger partial charge in [-0.2, -0.15) is 0 Å². The topological polar surface area (TPSA) is 66.0 Å². The molecule has 0 aliphatic heterocycles. The van der Waals surface area contributed by atoms with Crippen LogP contribution in [0.4, 0.5) is 13.2 Å². The number of hydrogen-bond acceptors (Lipinski definition) is 4. The molecule has 1 amide bonds. The zero-order valence-electron chi connectivity index (χ0n) is 16.1. The summed E-state index contributed by atoms with van der Waals surface area (Å²) < 4.78 is 41.8. The summed E-state index contributed by atoms with van der Waals surface area (Å²) in [6.07, 6.45) is -4.02. The molecule has 6 nitrogen and oxygen atoms in total. The Bertz CT molecular complexity index is 808. The van der Waals surface area contributed by atoms with Gasteiger partial charge in [0.1, 0.15) is 5.75 Å². The Labute approximate surface area is 171 Å². The molecular weight excluding hydrogens is 405 g/mol. The first kappa shape index (κ1) is 22.5. The average Bonchev–Trinajstić information content (AvgIpc) is 3.16. The number of amides is 1. The summed E-state index contributed by atoms with van der Waals surface area (Å²) in [5, 5.41) is 7.99. The molecule has 0 spiro atoms. The Kier molecular flexibility index (Phi) is 8.32. The highest BCUT2D eigenvalue weighted by atomic mass is 32.1. The monoisotopic (exact) mass is 428 g/mol. The molecule has 0 aliphatic rings. The SMILES string of the molecule is CN(C)C(=O)CNC(=NCc1ccccc1OC(F)(F)F)NCCc1cccs1. The number of carbonyl (C=O) groups excluding carboxylic acids is 1. The molecule has 2 N–H and O–H groups in total. The Morgan fingerprint density at radius 2 is 1.93 bits per heavy atom. The van der Waals surface area contributed by atoms with Crippen LogP contribution in [0.25, 0.3) is 0 Å². The summed E-state index contributed by atoms with van der Waals surface area (Å²) in [5.74, 6) is -0.122. The van der Waals surface area contributed by atoms with E-state index in [0.29, 0.717) is 12.5 Å². The standard InChI is InChI=1S/C19H23F3N4O2S/c1-26(2)17(27)13-25-18(23-10-9-15-7-5-11-29-15)24-12-14-6-3-4-8-16(14)28-19(20,21)22/h3-8,11H,9-10,12-13H2,1-2H3,(H2,23,24,25). The van der Waals surface area contributed by atoms with E-state index < -0.39 is 6.36 Å². The maximum Gasteiger partial charge on any atom is 0.573 e. The zero-order chi connectivity index (χ0) is 21.3. The number of carbonyl (C=O) groups is 1. The van der Waals surface area contributed by atoms with Crippen molar-refractivity contribution in [1.82, 2.24) is 15.5 Å². The fourth-order valence-electron chi connectivity index (χ4n) is 2.27. The van der Waals surface area contributed by atoms with Crippen LogP contribution in [0.15, 0.2) is 46.8 Å². The van der Waals surface area contributed by atoms with Crippen LogP contribution in [0.1, 0.15) is 10.4 Å². The van der Waals surface area contributed by atoms with Gasteiger partial charge in [-0.05, 0) is 23.9 Å². The largest absolute Gasteiger partial charge is 0.573 e. The third-order valence-corrected chi connectivity index (χ3v) is 4.69. The number of aliphatic imine (C=N–C) groups is 1. The number of likely N-dealkylation sites (N-methyl/N-ethyl adjacent to an activating group) is 1. The lowest BCUT2D eigenvalue weighted by molar-refractivity contribution is -0.274. The summed E-state index contributed by atoms with van der Waals surface area (Å²) in [4.78, 5) is 18.8. The lowest BCUT2D eigenvalue weighted by Crippen LogP contribution is -2.43. The summed E-state index contributed by atoms with van der Waals surface area (Å²) in [6.45, 7) is 0.526. The average molecular weight is 428 g/mol. The lowest BCUT2D eigenvalue weighted by Gasteiger charge is -2.16. The second-order valence-electron chi connectivity index (χ2n) is 6.22. The van der Waals surface area contributed by atoms with Gasteiger partial charge in [0.25, 0.3) is 0 Å².